The van der Waals surface area contributed by atoms with E-state index in [2.05, 4.69) is 5.32 Å². The zero-order chi connectivity index (χ0) is 16.3. The Morgan fingerprint density at radius 2 is 1.55 bits per heavy atom. The van der Waals surface area contributed by atoms with Gasteiger partial charge in [-0.3, -0.25) is 4.79 Å². The van der Waals surface area contributed by atoms with Gasteiger partial charge in [0.15, 0.2) is 0 Å². The van der Waals surface area contributed by atoms with E-state index in [1.807, 2.05) is 39.0 Å². The van der Waals surface area contributed by atoms with Crippen LogP contribution in [0.1, 0.15) is 27.0 Å². The van der Waals surface area contributed by atoms with Crippen LogP contribution in [0, 0.1) is 20.8 Å². The lowest BCUT2D eigenvalue weighted by Gasteiger charge is -2.13. The third-order valence-corrected chi connectivity index (χ3v) is 3.64. The summed E-state index contributed by atoms with van der Waals surface area (Å²) in [6, 6.07) is 9.35. The molecule has 1 amide bonds. The van der Waals surface area contributed by atoms with E-state index in [1.54, 1.807) is 26.4 Å². The maximum absolute atomic E-state index is 12.5. The molecule has 0 aliphatic rings. The minimum Gasteiger partial charge on any atom is -0.496 e. The maximum Gasteiger partial charge on any atom is 0.255 e. The molecule has 4 nitrogen and oxygen atoms in total. The number of hydrogen-bond donors (Lipinski definition) is 1. The topological polar surface area (TPSA) is 47.6 Å². The van der Waals surface area contributed by atoms with Gasteiger partial charge in [-0.15, -0.1) is 0 Å². The summed E-state index contributed by atoms with van der Waals surface area (Å²) in [4.78, 5) is 12.5. The van der Waals surface area contributed by atoms with Crippen LogP contribution in [0.15, 0.2) is 30.3 Å². The van der Waals surface area contributed by atoms with Crippen molar-refractivity contribution in [3.63, 3.8) is 0 Å². The van der Waals surface area contributed by atoms with E-state index in [0.717, 1.165) is 22.4 Å². The van der Waals surface area contributed by atoms with Crippen LogP contribution in [0.3, 0.4) is 0 Å². The van der Waals surface area contributed by atoms with Gasteiger partial charge in [-0.05, 0) is 44.5 Å². The Bertz CT molecular complexity index is 682. The normalized spacial score (nSPS) is 10.2. The zero-order valence-electron chi connectivity index (χ0n) is 13.6. The molecule has 0 radical (unpaired) electrons. The molecule has 0 aliphatic carbocycles. The van der Waals surface area contributed by atoms with Crippen molar-refractivity contribution in [2.45, 2.75) is 20.8 Å². The number of aryl methyl sites for hydroxylation is 2. The third-order valence-electron chi connectivity index (χ3n) is 3.64. The first kappa shape index (κ1) is 15.9. The van der Waals surface area contributed by atoms with E-state index in [0.29, 0.717) is 17.1 Å². The van der Waals surface area contributed by atoms with Crippen LogP contribution < -0.4 is 14.8 Å². The summed E-state index contributed by atoms with van der Waals surface area (Å²) >= 11 is 0. The summed E-state index contributed by atoms with van der Waals surface area (Å²) in [6.07, 6.45) is 0. The van der Waals surface area contributed by atoms with E-state index in [-0.39, 0.29) is 5.91 Å². The van der Waals surface area contributed by atoms with E-state index in [4.69, 9.17) is 9.47 Å². The molecule has 2 aromatic rings. The highest BCUT2D eigenvalue weighted by Gasteiger charge is 2.14. The number of carbonyl (C=O) groups is 1. The number of ether oxygens (including phenoxy) is 2. The average Bonchev–Trinajstić information content (AvgIpc) is 2.50. The average molecular weight is 299 g/mol. The fourth-order valence-electron chi connectivity index (χ4n) is 2.37. The summed E-state index contributed by atoms with van der Waals surface area (Å²) in [6.45, 7) is 5.89. The lowest BCUT2D eigenvalue weighted by molar-refractivity contribution is 0.102. The van der Waals surface area contributed by atoms with Gasteiger partial charge in [-0.1, -0.05) is 17.7 Å². The van der Waals surface area contributed by atoms with E-state index >= 15 is 0 Å². The van der Waals surface area contributed by atoms with Crippen LogP contribution in [0.25, 0.3) is 0 Å². The van der Waals surface area contributed by atoms with E-state index < -0.39 is 0 Å². The number of rotatable bonds is 4. The molecule has 0 atom stereocenters. The number of anilines is 1. The Hall–Kier alpha value is -2.49. The van der Waals surface area contributed by atoms with Crippen molar-refractivity contribution in [3.8, 4) is 11.5 Å². The molecule has 0 saturated carbocycles. The number of carbonyl (C=O) groups excluding carboxylic acids is 1. The molecule has 0 spiro atoms. The second kappa shape index (κ2) is 6.52. The molecule has 22 heavy (non-hydrogen) atoms. The first-order valence-electron chi connectivity index (χ1n) is 7.07. The Morgan fingerprint density at radius 3 is 2.05 bits per heavy atom. The Labute approximate surface area is 131 Å². The minimum absolute atomic E-state index is 0.191. The lowest BCUT2D eigenvalue weighted by atomic mass is 10.1. The van der Waals surface area contributed by atoms with Crippen LogP contribution in [-0.2, 0) is 0 Å². The number of amides is 1. The molecule has 0 aromatic heterocycles. The Kier molecular flexibility index (Phi) is 4.71. The highest BCUT2D eigenvalue weighted by atomic mass is 16.5. The Balaban J connectivity index is 2.33. The van der Waals surface area contributed by atoms with Gasteiger partial charge in [0.1, 0.15) is 11.5 Å². The summed E-state index contributed by atoms with van der Waals surface area (Å²) in [5.74, 6) is 1.07. The predicted molar refractivity (Wildman–Crippen MR) is 88.2 cm³/mol. The van der Waals surface area contributed by atoms with Crippen molar-refractivity contribution in [2.75, 3.05) is 19.5 Å². The molecule has 2 rings (SSSR count). The molecule has 0 bridgehead atoms. The molecule has 0 heterocycles. The molecule has 0 aliphatic heterocycles. The summed E-state index contributed by atoms with van der Waals surface area (Å²) in [7, 11) is 3.15. The fourth-order valence-corrected chi connectivity index (χ4v) is 2.37. The smallest absolute Gasteiger partial charge is 0.255 e. The Morgan fingerprint density at radius 1 is 0.955 bits per heavy atom. The van der Waals surface area contributed by atoms with Crippen LogP contribution in [0.4, 0.5) is 5.69 Å². The molecule has 116 valence electrons. The SMILES string of the molecule is COc1cc(C(=O)Nc2ccc(C)cc2C)cc(OC)c1C. The predicted octanol–water partition coefficient (Wildman–Crippen LogP) is 3.88. The first-order chi connectivity index (χ1) is 10.5. The van der Waals surface area contributed by atoms with Gasteiger partial charge in [0, 0.05) is 16.8 Å². The van der Waals surface area contributed by atoms with E-state index in [1.165, 1.54) is 0 Å². The number of nitrogens with one attached hydrogen (secondary N) is 1. The zero-order valence-corrected chi connectivity index (χ0v) is 13.6. The summed E-state index contributed by atoms with van der Waals surface area (Å²) in [5, 5.41) is 2.93. The minimum atomic E-state index is -0.191. The van der Waals surface area contributed by atoms with E-state index in [9.17, 15) is 4.79 Å². The van der Waals surface area contributed by atoms with Crippen LogP contribution in [-0.4, -0.2) is 20.1 Å². The summed E-state index contributed by atoms with van der Waals surface area (Å²) < 4.78 is 10.6. The second-order valence-electron chi connectivity index (χ2n) is 5.28. The highest BCUT2D eigenvalue weighted by Crippen LogP contribution is 2.30. The molecular weight excluding hydrogens is 278 g/mol. The van der Waals surface area contributed by atoms with Gasteiger partial charge in [0.05, 0.1) is 14.2 Å². The molecule has 0 unspecified atom stereocenters. The van der Waals surface area contributed by atoms with Gasteiger partial charge in [0.2, 0.25) is 0 Å². The fraction of sp³-hybridized carbons (Fsp3) is 0.278. The van der Waals surface area contributed by atoms with Crippen LogP contribution in [0.2, 0.25) is 0 Å². The molecule has 4 heteroatoms. The molecule has 0 fully saturated rings. The monoisotopic (exact) mass is 299 g/mol. The quantitative estimate of drug-likeness (QED) is 0.932. The van der Waals surface area contributed by atoms with Crippen molar-refractivity contribution in [3.05, 3.63) is 52.6 Å². The van der Waals surface area contributed by atoms with Gasteiger partial charge >= 0.3 is 0 Å². The first-order valence-corrected chi connectivity index (χ1v) is 7.07. The van der Waals surface area contributed by atoms with Crippen LogP contribution in [0.5, 0.6) is 11.5 Å². The number of hydrogen-bond acceptors (Lipinski definition) is 3. The molecule has 1 N–H and O–H groups in total. The van der Waals surface area contributed by atoms with Crippen LogP contribution >= 0.6 is 0 Å². The number of methoxy groups -OCH3 is 2. The van der Waals surface area contributed by atoms with Crippen molar-refractivity contribution < 1.29 is 14.3 Å². The largest absolute Gasteiger partial charge is 0.496 e. The lowest BCUT2D eigenvalue weighted by Crippen LogP contribution is -2.13. The summed E-state index contributed by atoms with van der Waals surface area (Å²) in [5.41, 5.74) is 4.36. The van der Waals surface area contributed by atoms with Crippen molar-refractivity contribution >= 4 is 11.6 Å². The van der Waals surface area contributed by atoms with Gasteiger partial charge in [0.25, 0.3) is 5.91 Å². The third kappa shape index (κ3) is 3.22. The van der Waals surface area contributed by atoms with Gasteiger partial charge in [-0.25, -0.2) is 0 Å². The second-order valence-corrected chi connectivity index (χ2v) is 5.28. The molecule has 0 saturated heterocycles. The molecule has 2 aromatic carbocycles. The molecular formula is C18H21NO3. The van der Waals surface area contributed by atoms with Crippen molar-refractivity contribution in [1.29, 1.82) is 0 Å². The van der Waals surface area contributed by atoms with Gasteiger partial charge < -0.3 is 14.8 Å². The number of benzene rings is 2. The van der Waals surface area contributed by atoms with Crippen molar-refractivity contribution in [2.24, 2.45) is 0 Å². The maximum atomic E-state index is 12.5. The highest BCUT2D eigenvalue weighted by molar-refractivity contribution is 6.05. The van der Waals surface area contributed by atoms with Crippen molar-refractivity contribution in [1.82, 2.24) is 0 Å². The van der Waals surface area contributed by atoms with Gasteiger partial charge in [-0.2, -0.15) is 0 Å². The standard InChI is InChI=1S/C18H21NO3/c1-11-6-7-15(12(2)8-11)19-18(20)14-9-16(21-4)13(3)17(10-14)22-5/h6-10H,1-5H3,(H,19,20).